The van der Waals surface area contributed by atoms with Gasteiger partial charge >= 0.3 is 0 Å². The minimum absolute atomic E-state index is 0.109. The summed E-state index contributed by atoms with van der Waals surface area (Å²) in [6, 6.07) is 11.4. The maximum absolute atomic E-state index is 12.3. The maximum atomic E-state index is 12.3. The van der Waals surface area contributed by atoms with Crippen molar-refractivity contribution in [1.29, 1.82) is 0 Å². The smallest absolute Gasteiger partial charge is 0.236 e. The lowest BCUT2D eigenvalue weighted by molar-refractivity contribution is -0.113. The first-order valence-electron chi connectivity index (χ1n) is 8.19. The second-order valence-electron chi connectivity index (χ2n) is 5.95. The number of rotatable bonds is 5. The van der Waals surface area contributed by atoms with E-state index in [1.165, 1.54) is 40.0 Å². The second-order valence-corrected chi connectivity index (χ2v) is 9.90. The number of thioether (sulfide) groups is 1. The Bertz CT molecular complexity index is 1170. The van der Waals surface area contributed by atoms with Crippen molar-refractivity contribution in [2.24, 2.45) is 0 Å². The molecular formula is C19H13Cl2N3OS3. The fourth-order valence-corrected chi connectivity index (χ4v) is 5.62. The number of aromatic nitrogens is 2. The van der Waals surface area contributed by atoms with Crippen molar-refractivity contribution in [1.82, 2.24) is 9.97 Å². The van der Waals surface area contributed by atoms with Gasteiger partial charge < -0.3 is 5.32 Å². The molecule has 2 heterocycles. The van der Waals surface area contributed by atoms with Crippen LogP contribution in [0.5, 0.6) is 0 Å². The summed E-state index contributed by atoms with van der Waals surface area (Å²) in [4.78, 5) is 21.3. The summed E-state index contributed by atoms with van der Waals surface area (Å²) < 4.78 is 1.86. The zero-order chi connectivity index (χ0) is 19.7. The van der Waals surface area contributed by atoms with Gasteiger partial charge in [0.2, 0.25) is 5.91 Å². The van der Waals surface area contributed by atoms with E-state index in [9.17, 15) is 4.79 Å². The van der Waals surface area contributed by atoms with Crippen LogP contribution in [0.3, 0.4) is 0 Å². The number of thiazole rings is 2. The average Bonchev–Trinajstić information content (AvgIpc) is 3.26. The predicted molar refractivity (Wildman–Crippen MR) is 121 cm³/mol. The first kappa shape index (κ1) is 19.7. The Kier molecular flexibility index (Phi) is 5.89. The van der Waals surface area contributed by atoms with Crippen LogP contribution in [0.1, 0.15) is 5.56 Å². The molecule has 0 bridgehead atoms. The first-order chi connectivity index (χ1) is 13.5. The van der Waals surface area contributed by atoms with E-state index >= 15 is 0 Å². The van der Waals surface area contributed by atoms with Crippen LogP contribution in [0.15, 0.2) is 46.1 Å². The average molecular weight is 466 g/mol. The van der Waals surface area contributed by atoms with Crippen molar-refractivity contribution >= 4 is 78.9 Å². The number of nitrogens with zero attached hydrogens (tertiary/aromatic N) is 2. The van der Waals surface area contributed by atoms with Crippen LogP contribution >= 0.6 is 57.6 Å². The summed E-state index contributed by atoms with van der Waals surface area (Å²) in [5, 5.41) is 6.53. The molecule has 4 aromatic rings. The van der Waals surface area contributed by atoms with E-state index in [1.54, 1.807) is 12.1 Å². The molecule has 0 aliphatic heterocycles. The molecular weight excluding hydrogens is 453 g/mol. The number of nitrogens with one attached hydrogen (secondary N) is 1. The summed E-state index contributed by atoms with van der Waals surface area (Å²) in [5.41, 5.74) is 3.66. The highest BCUT2D eigenvalue weighted by Crippen LogP contribution is 2.34. The van der Waals surface area contributed by atoms with Gasteiger partial charge in [0.05, 0.1) is 26.7 Å². The fourth-order valence-electron chi connectivity index (χ4n) is 2.51. The number of anilines is 1. The molecule has 0 fully saturated rings. The van der Waals surface area contributed by atoms with Crippen LogP contribution in [0, 0.1) is 6.92 Å². The van der Waals surface area contributed by atoms with Crippen LogP contribution in [0.2, 0.25) is 10.0 Å². The number of aryl methyl sites for hydroxylation is 1. The third-order valence-electron chi connectivity index (χ3n) is 3.81. The van der Waals surface area contributed by atoms with Crippen LogP contribution in [0.4, 0.5) is 5.13 Å². The van der Waals surface area contributed by atoms with Gasteiger partial charge in [0.25, 0.3) is 0 Å². The normalized spacial score (nSPS) is 11.1. The Morgan fingerprint density at radius 1 is 1.18 bits per heavy atom. The van der Waals surface area contributed by atoms with E-state index in [1.807, 2.05) is 30.5 Å². The number of carbonyl (C=O) groups is 1. The lowest BCUT2D eigenvalue weighted by Crippen LogP contribution is -2.13. The molecule has 0 atom stereocenters. The van der Waals surface area contributed by atoms with Crippen molar-refractivity contribution in [3.05, 3.63) is 57.4 Å². The molecule has 0 aliphatic rings. The molecule has 9 heteroatoms. The van der Waals surface area contributed by atoms with Gasteiger partial charge in [-0.2, -0.15) is 0 Å². The van der Waals surface area contributed by atoms with E-state index < -0.39 is 0 Å². The first-order valence-corrected chi connectivity index (χ1v) is 11.6. The molecule has 1 amide bonds. The van der Waals surface area contributed by atoms with Crippen LogP contribution in [-0.2, 0) is 4.79 Å². The number of hydrogen-bond donors (Lipinski definition) is 1. The van der Waals surface area contributed by atoms with E-state index in [0.29, 0.717) is 15.2 Å². The van der Waals surface area contributed by atoms with Gasteiger partial charge in [-0.3, -0.25) is 4.79 Å². The van der Waals surface area contributed by atoms with E-state index in [-0.39, 0.29) is 11.7 Å². The summed E-state index contributed by atoms with van der Waals surface area (Å²) >= 11 is 16.5. The molecule has 0 saturated heterocycles. The molecule has 28 heavy (non-hydrogen) atoms. The van der Waals surface area contributed by atoms with Gasteiger partial charge in [-0.15, -0.1) is 11.3 Å². The van der Waals surface area contributed by atoms with Crippen molar-refractivity contribution < 1.29 is 4.79 Å². The maximum Gasteiger partial charge on any atom is 0.236 e. The number of hydrogen-bond acceptors (Lipinski definition) is 6. The van der Waals surface area contributed by atoms with Gasteiger partial charge in [-0.1, -0.05) is 52.4 Å². The molecule has 4 nitrogen and oxygen atoms in total. The summed E-state index contributed by atoms with van der Waals surface area (Å²) in [5.74, 6) is 0.151. The monoisotopic (exact) mass is 465 g/mol. The zero-order valence-electron chi connectivity index (χ0n) is 14.5. The van der Waals surface area contributed by atoms with E-state index in [2.05, 4.69) is 21.4 Å². The lowest BCUT2D eigenvalue weighted by atomic mass is 10.2. The van der Waals surface area contributed by atoms with E-state index in [4.69, 9.17) is 23.2 Å². The van der Waals surface area contributed by atoms with Crippen molar-refractivity contribution in [2.45, 2.75) is 11.3 Å². The fraction of sp³-hybridized carbons (Fsp3) is 0.105. The molecule has 0 radical (unpaired) electrons. The van der Waals surface area contributed by atoms with Crippen molar-refractivity contribution in [2.75, 3.05) is 11.1 Å². The molecule has 1 N–H and O–H groups in total. The standard InChI is InChI=1S/C19H13Cl2N3OS3/c1-10-2-5-14-16(6-10)28-18(22-14)24-17(25)9-27-19-23-15(8-26-19)12-4-3-11(20)7-13(12)21/h2-8H,9H2,1H3,(H,22,24,25). The summed E-state index contributed by atoms with van der Waals surface area (Å²) in [6.07, 6.45) is 0. The molecule has 0 saturated carbocycles. The van der Waals surface area contributed by atoms with Gasteiger partial charge in [0.15, 0.2) is 9.47 Å². The highest BCUT2D eigenvalue weighted by atomic mass is 35.5. The SMILES string of the molecule is Cc1ccc2nc(NC(=O)CSc3nc(-c4ccc(Cl)cc4Cl)cs3)sc2c1. The highest BCUT2D eigenvalue weighted by molar-refractivity contribution is 8.01. The van der Waals surface area contributed by atoms with Crippen LogP contribution in [-0.4, -0.2) is 21.6 Å². The third-order valence-corrected chi connectivity index (χ3v) is 7.31. The van der Waals surface area contributed by atoms with Gasteiger partial charge in [0, 0.05) is 16.0 Å². The van der Waals surface area contributed by atoms with Crippen molar-refractivity contribution in [3.63, 3.8) is 0 Å². The Morgan fingerprint density at radius 3 is 2.86 bits per heavy atom. The molecule has 142 valence electrons. The number of halogens is 2. The second kappa shape index (κ2) is 8.39. The number of benzene rings is 2. The quantitative estimate of drug-likeness (QED) is 0.330. The molecule has 4 rings (SSSR count). The molecule has 0 aliphatic carbocycles. The molecule has 0 unspecified atom stereocenters. The zero-order valence-corrected chi connectivity index (χ0v) is 18.5. The topological polar surface area (TPSA) is 54.9 Å². The molecule has 2 aromatic carbocycles. The Hall–Kier alpha value is -1.64. The minimum Gasteiger partial charge on any atom is -0.301 e. The lowest BCUT2D eigenvalue weighted by Gasteiger charge is -2.01. The number of fused-ring (bicyclic) bond motifs is 1. The number of amides is 1. The summed E-state index contributed by atoms with van der Waals surface area (Å²) in [6.45, 7) is 2.04. The van der Waals surface area contributed by atoms with Crippen molar-refractivity contribution in [3.8, 4) is 11.3 Å². The number of carbonyl (C=O) groups excluding carboxylic acids is 1. The third kappa shape index (κ3) is 4.50. The highest BCUT2D eigenvalue weighted by Gasteiger charge is 2.12. The van der Waals surface area contributed by atoms with Crippen LogP contribution < -0.4 is 5.32 Å². The Morgan fingerprint density at radius 2 is 2.04 bits per heavy atom. The van der Waals surface area contributed by atoms with Gasteiger partial charge in [-0.05, 0) is 42.8 Å². The van der Waals surface area contributed by atoms with Gasteiger partial charge in [0.1, 0.15) is 0 Å². The van der Waals surface area contributed by atoms with E-state index in [0.717, 1.165) is 25.8 Å². The Labute approximate surface area is 183 Å². The molecule has 2 aromatic heterocycles. The Balaban J connectivity index is 1.38. The largest absolute Gasteiger partial charge is 0.301 e. The van der Waals surface area contributed by atoms with Gasteiger partial charge in [-0.25, -0.2) is 9.97 Å². The summed E-state index contributed by atoms with van der Waals surface area (Å²) in [7, 11) is 0. The minimum atomic E-state index is -0.109. The molecule has 0 spiro atoms. The van der Waals surface area contributed by atoms with Crippen LogP contribution in [0.25, 0.3) is 21.5 Å². The predicted octanol–water partition coefficient (Wildman–Crippen LogP) is 6.77.